The van der Waals surface area contributed by atoms with Crippen LogP contribution in [0.1, 0.15) is 22.3 Å². The zero-order valence-corrected chi connectivity index (χ0v) is 19.0. The van der Waals surface area contributed by atoms with Crippen LogP contribution in [0.15, 0.2) is 83.9 Å². The third-order valence-corrected chi connectivity index (χ3v) is 8.51. The van der Waals surface area contributed by atoms with E-state index < -0.39 is 10.0 Å². The first-order valence-corrected chi connectivity index (χ1v) is 12.5. The van der Waals surface area contributed by atoms with E-state index in [4.69, 9.17) is 0 Å². The molecule has 6 heteroatoms. The second-order valence-corrected chi connectivity index (χ2v) is 10.6. The molecule has 4 aromatic rings. The van der Waals surface area contributed by atoms with E-state index in [1.54, 1.807) is 18.3 Å². The highest BCUT2D eigenvalue weighted by molar-refractivity contribution is 7.90. The molecular formula is C27H24N2O3S. The zero-order valence-electron chi connectivity index (χ0n) is 18.2. The van der Waals surface area contributed by atoms with Crippen LogP contribution in [-0.2, 0) is 16.4 Å². The van der Waals surface area contributed by atoms with Crippen molar-refractivity contribution in [1.29, 1.82) is 0 Å². The third-order valence-electron chi connectivity index (χ3n) is 6.82. The molecule has 6 rings (SSSR count). The lowest BCUT2D eigenvalue weighted by atomic mass is 9.82. The predicted octanol–water partition coefficient (Wildman–Crippen LogP) is 3.99. The van der Waals surface area contributed by atoms with Gasteiger partial charge in [0.25, 0.3) is 10.0 Å². The van der Waals surface area contributed by atoms with Crippen molar-refractivity contribution in [2.24, 2.45) is 0 Å². The second kappa shape index (κ2) is 7.42. The molecule has 1 aliphatic heterocycles. The number of aliphatic hydroxyl groups excluding tert-OH is 1. The summed E-state index contributed by atoms with van der Waals surface area (Å²) < 4.78 is 28.5. The Morgan fingerprint density at radius 2 is 1.73 bits per heavy atom. The number of aromatic nitrogens is 1. The Balaban J connectivity index is 1.60. The van der Waals surface area contributed by atoms with Crippen LogP contribution in [0.2, 0.25) is 0 Å². The van der Waals surface area contributed by atoms with E-state index in [0.29, 0.717) is 11.9 Å². The SMILES string of the molecule is Cc1ccc(S(=O)(=O)n2cc3c4c(cccc42)C2=C(c4ccccc4)C(CO)N[C@@H]2C3)cc1. The fraction of sp³-hybridized carbons (Fsp3) is 0.185. The van der Waals surface area contributed by atoms with Gasteiger partial charge in [0, 0.05) is 17.6 Å². The van der Waals surface area contributed by atoms with Crippen LogP contribution in [0, 0.1) is 6.92 Å². The van der Waals surface area contributed by atoms with Crippen LogP contribution in [0.4, 0.5) is 0 Å². The van der Waals surface area contributed by atoms with Crippen molar-refractivity contribution < 1.29 is 13.5 Å². The molecule has 5 nitrogen and oxygen atoms in total. The summed E-state index contributed by atoms with van der Waals surface area (Å²) in [6.07, 6.45) is 2.45. The quantitative estimate of drug-likeness (QED) is 0.487. The summed E-state index contributed by atoms with van der Waals surface area (Å²) in [4.78, 5) is 0.282. The molecule has 2 atom stereocenters. The minimum absolute atomic E-state index is 0.00618. The average Bonchev–Trinajstić information content (AvgIpc) is 3.40. The zero-order chi connectivity index (χ0) is 22.7. The van der Waals surface area contributed by atoms with Crippen LogP contribution in [0.25, 0.3) is 22.0 Å². The molecule has 2 N–H and O–H groups in total. The molecule has 33 heavy (non-hydrogen) atoms. The number of fused-ring (bicyclic) bond motifs is 2. The summed E-state index contributed by atoms with van der Waals surface area (Å²) in [5, 5.41) is 14.7. The maximum absolute atomic E-state index is 13.6. The van der Waals surface area contributed by atoms with E-state index in [1.165, 1.54) is 3.97 Å². The number of aryl methyl sites for hydroxylation is 1. The van der Waals surface area contributed by atoms with Gasteiger partial charge < -0.3 is 10.4 Å². The molecule has 3 aromatic carbocycles. The van der Waals surface area contributed by atoms with Gasteiger partial charge in [-0.3, -0.25) is 0 Å². The fourth-order valence-corrected chi connectivity index (χ4v) is 6.74. The van der Waals surface area contributed by atoms with Crippen molar-refractivity contribution in [1.82, 2.24) is 9.29 Å². The third kappa shape index (κ3) is 3.02. The molecule has 0 spiro atoms. The summed E-state index contributed by atoms with van der Waals surface area (Å²) >= 11 is 0. The molecule has 1 aliphatic carbocycles. The Morgan fingerprint density at radius 3 is 2.45 bits per heavy atom. The molecule has 0 saturated carbocycles. The van der Waals surface area contributed by atoms with Crippen molar-refractivity contribution >= 4 is 32.1 Å². The lowest BCUT2D eigenvalue weighted by Gasteiger charge is -2.22. The number of hydrogen-bond donors (Lipinski definition) is 2. The minimum Gasteiger partial charge on any atom is -0.394 e. The van der Waals surface area contributed by atoms with Crippen LogP contribution < -0.4 is 5.32 Å². The smallest absolute Gasteiger partial charge is 0.268 e. The molecule has 0 bridgehead atoms. The van der Waals surface area contributed by atoms with Crippen LogP contribution in [-0.4, -0.2) is 36.2 Å². The highest BCUT2D eigenvalue weighted by atomic mass is 32.2. The lowest BCUT2D eigenvalue weighted by molar-refractivity contribution is 0.268. The monoisotopic (exact) mass is 456 g/mol. The molecule has 0 saturated heterocycles. The van der Waals surface area contributed by atoms with Crippen LogP contribution in [0.3, 0.4) is 0 Å². The van der Waals surface area contributed by atoms with Gasteiger partial charge in [0.1, 0.15) is 0 Å². The van der Waals surface area contributed by atoms with Crippen LogP contribution >= 0.6 is 0 Å². The number of benzene rings is 3. The Hall–Kier alpha value is -3.19. The molecule has 1 unspecified atom stereocenters. The van der Waals surface area contributed by atoms with Gasteiger partial charge in [-0.1, -0.05) is 60.2 Å². The lowest BCUT2D eigenvalue weighted by Crippen LogP contribution is -2.36. The van der Waals surface area contributed by atoms with Gasteiger partial charge in [-0.25, -0.2) is 12.4 Å². The molecular weight excluding hydrogens is 432 g/mol. The van der Waals surface area contributed by atoms with Crippen molar-refractivity contribution in [2.75, 3.05) is 6.61 Å². The number of rotatable bonds is 4. The van der Waals surface area contributed by atoms with Gasteiger partial charge >= 0.3 is 0 Å². The Kier molecular flexibility index (Phi) is 4.59. The molecule has 0 amide bonds. The molecule has 166 valence electrons. The number of hydrogen-bond acceptors (Lipinski definition) is 4. The van der Waals surface area contributed by atoms with E-state index in [1.807, 2.05) is 49.4 Å². The average molecular weight is 457 g/mol. The molecule has 2 heterocycles. The van der Waals surface area contributed by atoms with Gasteiger partial charge in [0.15, 0.2) is 0 Å². The fourth-order valence-electron chi connectivity index (χ4n) is 5.36. The maximum atomic E-state index is 13.6. The Morgan fingerprint density at radius 1 is 0.970 bits per heavy atom. The molecule has 0 radical (unpaired) electrons. The van der Waals surface area contributed by atoms with E-state index in [0.717, 1.165) is 38.8 Å². The highest BCUT2D eigenvalue weighted by Gasteiger charge is 2.39. The molecule has 1 aromatic heterocycles. The first-order valence-electron chi connectivity index (χ1n) is 11.1. The Labute approximate surface area is 193 Å². The summed E-state index contributed by atoms with van der Waals surface area (Å²) in [6.45, 7) is 1.95. The van der Waals surface area contributed by atoms with E-state index in [9.17, 15) is 13.5 Å². The van der Waals surface area contributed by atoms with E-state index in [2.05, 4.69) is 23.5 Å². The first kappa shape index (κ1) is 20.4. The number of nitrogens with one attached hydrogen (secondary N) is 1. The van der Waals surface area contributed by atoms with E-state index in [-0.39, 0.29) is 23.6 Å². The van der Waals surface area contributed by atoms with E-state index >= 15 is 0 Å². The normalized spacial score (nSPS) is 19.8. The van der Waals surface area contributed by atoms with Crippen molar-refractivity contribution in [3.05, 3.63) is 101 Å². The number of aliphatic hydroxyl groups is 1. The summed E-state index contributed by atoms with van der Waals surface area (Å²) in [5.74, 6) is 0. The van der Waals surface area contributed by atoms with Gasteiger partial charge in [-0.2, -0.15) is 0 Å². The largest absolute Gasteiger partial charge is 0.394 e. The van der Waals surface area contributed by atoms with Gasteiger partial charge in [-0.05, 0) is 59.4 Å². The topological polar surface area (TPSA) is 71.3 Å². The van der Waals surface area contributed by atoms with Crippen molar-refractivity contribution in [3.8, 4) is 0 Å². The maximum Gasteiger partial charge on any atom is 0.268 e. The minimum atomic E-state index is -3.73. The van der Waals surface area contributed by atoms with Crippen LogP contribution in [0.5, 0.6) is 0 Å². The van der Waals surface area contributed by atoms with Gasteiger partial charge in [0.05, 0.1) is 23.1 Å². The molecule has 2 aliphatic rings. The highest BCUT2D eigenvalue weighted by Crippen LogP contribution is 2.45. The van der Waals surface area contributed by atoms with Crippen molar-refractivity contribution in [2.45, 2.75) is 30.3 Å². The molecule has 0 fully saturated rings. The van der Waals surface area contributed by atoms with Crippen molar-refractivity contribution in [3.63, 3.8) is 0 Å². The second-order valence-electron chi connectivity index (χ2n) is 8.82. The Bertz CT molecular complexity index is 1520. The summed E-state index contributed by atoms with van der Waals surface area (Å²) in [6, 6.07) is 22.8. The summed E-state index contributed by atoms with van der Waals surface area (Å²) in [5.41, 5.74) is 7.08. The van der Waals surface area contributed by atoms with Gasteiger partial charge in [-0.15, -0.1) is 0 Å². The van der Waals surface area contributed by atoms with Gasteiger partial charge in [0.2, 0.25) is 0 Å². The summed E-state index contributed by atoms with van der Waals surface area (Å²) in [7, 11) is -3.73. The predicted molar refractivity (Wildman–Crippen MR) is 130 cm³/mol. The number of nitrogens with zero attached hydrogens (tertiary/aromatic N) is 1. The standard InChI is InChI=1S/C27H24N2O3S/c1-17-10-12-20(13-11-17)33(31,32)29-15-19-14-22-27(21-8-5-9-24(29)25(19)21)26(23(16-30)28-22)18-6-3-2-4-7-18/h2-13,15,22-23,28,30H,14,16H2,1H3/t22-,23?/m1/s1. The first-order chi connectivity index (χ1) is 16.0.